The number of rotatable bonds is 5. The number of benzene rings is 1. The van der Waals surface area contributed by atoms with Gasteiger partial charge in [-0.05, 0) is 30.9 Å². The third-order valence-electron chi connectivity index (χ3n) is 3.39. The molecule has 1 aromatic rings. The zero-order valence-corrected chi connectivity index (χ0v) is 11.3. The average molecular weight is 277 g/mol. The van der Waals surface area contributed by atoms with E-state index in [1.807, 2.05) is 0 Å². The molecule has 0 radical (unpaired) electrons. The van der Waals surface area contributed by atoms with E-state index < -0.39 is 5.97 Å². The topological polar surface area (TPSA) is 75.6 Å². The number of ether oxygens (including phenoxy) is 1. The lowest BCUT2D eigenvalue weighted by atomic mass is 10.0. The molecule has 0 saturated carbocycles. The molecule has 1 heterocycles. The minimum absolute atomic E-state index is 0.0549. The van der Waals surface area contributed by atoms with Gasteiger partial charge in [-0.2, -0.15) is 0 Å². The van der Waals surface area contributed by atoms with Crippen LogP contribution in [0, 0.1) is 0 Å². The second-order valence-corrected chi connectivity index (χ2v) is 4.94. The van der Waals surface area contributed by atoms with E-state index in [9.17, 15) is 9.59 Å². The van der Waals surface area contributed by atoms with Crippen molar-refractivity contribution >= 4 is 11.9 Å². The van der Waals surface area contributed by atoms with Crippen molar-refractivity contribution in [2.24, 2.45) is 0 Å². The summed E-state index contributed by atoms with van der Waals surface area (Å²) in [6, 6.07) is 6.87. The van der Waals surface area contributed by atoms with Crippen LogP contribution in [0.5, 0.6) is 0 Å². The second-order valence-electron chi connectivity index (χ2n) is 4.94. The fourth-order valence-electron chi connectivity index (χ4n) is 2.35. The van der Waals surface area contributed by atoms with Crippen molar-refractivity contribution in [3.8, 4) is 0 Å². The van der Waals surface area contributed by atoms with Crippen LogP contribution in [0.3, 0.4) is 0 Å². The van der Waals surface area contributed by atoms with E-state index in [1.165, 1.54) is 0 Å². The van der Waals surface area contributed by atoms with Gasteiger partial charge in [0, 0.05) is 13.0 Å². The molecule has 5 heteroatoms. The average Bonchev–Trinajstić information content (AvgIpc) is 2.46. The molecule has 108 valence electrons. The highest BCUT2D eigenvalue weighted by atomic mass is 16.5. The van der Waals surface area contributed by atoms with Crippen LogP contribution in [0.4, 0.5) is 0 Å². The predicted octanol–water partition coefficient (Wildman–Crippen LogP) is 1.61. The number of carbonyl (C=O) groups excluding carboxylic acids is 1. The van der Waals surface area contributed by atoms with E-state index in [2.05, 4.69) is 5.32 Å². The molecule has 1 aliphatic rings. The number of nitrogens with one attached hydrogen (secondary N) is 1. The summed E-state index contributed by atoms with van der Waals surface area (Å²) in [7, 11) is 0. The molecule has 0 aliphatic carbocycles. The number of hydrogen-bond donors (Lipinski definition) is 2. The first kappa shape index (κ1) is 14.5. The largest absolute Gasteiger partial charge is 0.478 e. The lowest BCUT2D eigenvalue weighted by Crippen LogP contribution is -2.40. The molecule has 0 aromatic heterocycles. The highest BCUT2D eigenvalue weighted by molar-refractivity contribution is 5.89. The fourth-order valence-corrected chi connectivity index (χ4v) is 2.35. The molecule has 1 atom stereocenters. The molecule has 5 nitrogen and oxygen atoms in total. The molecule has 2 N–H and O–H groups in total. The third kappa shape index (κ3) is 4.06. The van der Waals surface area contributed by atoms with Crippen molar-refractivity contribution in [2.45, 2.75) is 31.7 Å². The zero-order valence-electron chi connectivity index (χ0n) is 11.3. The fraction of sp³-hybridized carbons (Fsp3) is 0.467. The van der Waals surface area contributed by atoms with Gasteiger partial charge in [-0.15, -0.1) is 0 Å². The Morgan fingerprint density at radius 2 is 2.15 bits per heavy atom. The van der Waals surface area contributed by atoms with Gasteiger partial charge < -0.3 is 15.2 Å². The van der Waals surface area contributed by atoms with E-state index in [1.54, 1.807) is 24.3 Å². The number of carboxylic acids is 1. The molecule has 1 saturated heterocycles. The summed E-state index contributed by atoms with van der Waals surface area (Å²) >= 11 is 0. The molecule has 1 amide bonds. The SMILES string of the molecule is O=C(CCc1ccccc1C(=O)O)NC1CCCOC1. The highest BCUT2D eigenvalue weighted by Gasteiger charge is 2.16. The Labute approximate surface area is 117 Å². The Morgan fingerprint density at radius 1 is 1.35 bits per heavy atom. The number of hydrogen-bond acceptors (Lipinski definition) is 3. The first-order valence-electron chi connectivity index (χ1n) is 6.85. The summed E-state index contributed by atoms with van der Waals surface area (Å²) in [4.78, 5) is 22.9. The maximum Gasteiger partial charge on any atom is 0.335 e. The molecule has 20 heavy (non-hydrogen) atoms. The number of carbonyl (C=O) groups is 2. The summed E-state index contributed by atoms with van der Waals surface area (Å²) in [5.41, 5.74) is 0.955. The molecule has 1 unspecified atom stereocenters. The van der Waals surface area contributed by atoms with Crippen LogP contribution < -0.4 is 5.32 Å². The standard InChI is InChI=1S/C15H19NO4/c17-14(16-12-5-3-9-20-10-12)8-7-11-4-1-2-6-13(11)15(18)19/h1-2,4,6,12H,3,5,7-10H2,(H,16,17)(H,18,19). The molecular weight excluding hydrogens is 258 g/mol. The summed E-state index contributed by atoms with van der Waals surface area (Å²) in [5.74, 6) is -1.01. The molecule has 1 aliphatic heterocycles. The second kappa shape index (κ2) is 7.05. The van der Waals surface area contributed by atoms with E-state index in [4.69, 9.17) is 9.84 Å². The smallest absolute Gasteiger partial charge is 0.335 e. The van der Waals surface area contributed by atoms with Gasteiger partial charge in [-0.3, -0.25) is 4.79 Å². The molecule has 2 rings (SSSR count). The molecule has 1 aromatic carbocycles. The Bertz CT molecular complexity index is 481. The van der Waals surface area contributed by atoms with Crippen molar-refractivity contribution in [1.82, 2.24) is 5.32 Å². The van der Waals surface area contributed by atoms with Gasteiger partial charge in [0.05, 0.1) is 18.2 Å². The Hall–Kier alpha value is -1.88. The summed E-state index contributed by atoms with van der Waals surface area (Å²) < 4.78 is 5.30. The lowest BCUT2D eigenvalue weighted by Gasteiger charge is -2.23. The first-order chi connectivity index (χ1) is 9.66. The van der Waals surface area contributed by atoms with Crippen molar-refractivity contribution in [3.63, 3.8) is 0 Å². The zero-order chi connectivity index (χ0) is 14.4. The van der Waals surface area contributed by atoms with E-state index in [-0.39, 0.29) is 17.5 Å². The van der Waals surface area contributed by atoms with Crippen molar-refractivity contribution in [2.75, 3.05) is 13.2 Å². The van der Waals surface area contributed by atoms with Gasteiger partial charge in [-0.1, -0.05) is 18.2 Å². The van der Waals surface area contributed by atoms with E-state index in [0.29, 0.717) is 25.0 Å². The maximum atomic E-state index is 11.9. The number of aromatic carboxylic acids is 1. The summed E-state index contributed by atoms with van der Waals surface area (Å²) in [5, 5.41) is 12.0. The third-order valence-corrected chi connectivity index (χ3v) is 3.39. The Morgan fingerprint density at radius 3 is 2.85 bits per heavy atom. The van der Waals surface area contributed by atoms with E-state index >= 15 is 0 Å². The van der Waals surface area contributed by atoms with Crippen molar-refractivity contribution in [1.29, 1.82) is 0 Å². The van der Waals surface area contributed by atoms with Gasteiger partial charge in [0.2, 0.25) is 5.91 Å². The predicted molar refractivity (Wildman–Crippen MR) is 73.7 cm³/mol. The molecule has 1 fully saturated rings. The number of aryl methyl sites for hydroxylation is 1. The minimum Gasteiger partial charge on any atom is -0.478 e. The number of amides is 1. The lowest BCUT2D eigenvalue weighted by molar-refractivity contribution is -0.122. The van der Waals surface area contributed by atoms with Crippen molar-refractivity contribution < 1.29 is 19.4 Å². The van der Waals surface area contributed by atoms with Gasteiger partial charge in [0.15, 0.2) is 0 Å². The van der Waals surface area contributed by atoms with Crippen LogP contribution in [-0.4, -0.2) is 36.2 Å². The quantitative estimate of drug-likeness (QED) is 0.857. The Balaban J connectivity index is 1.85. The Kier molecular flexibility index (Phi) is 5.12. The van der Waals surface area contributed by atoms with Crippen molar-refractivity contribution in [3.05, 3.63) is 35.4 Å². The molecular formula is C15H19NO4. The van der Waals surface area contributed by atoms with E-state index in [0.717, 1.165) is 19.4 Å². The number of carboxylic acid groups (broad SMARTS) is 1. The maximum absolute atomic E-state index is 11.9. The van der Waals surface area contributed by atoms with Crippen LogP contribution in [0.25, 0.3) is 0 Å². The van der Waals surface area contributed by atoms with Crippen LogP contribution in [0.1, 0.15) is 35.2 Å². The molecule has 0 bridgehead atoms. The normalized spacial score (nSPS) is 18.5. The van der Waals surface area contributed by atoms with Gasteiger partial charge in [0.1, 0.15) is 0 Å². The highest BCUT2D eigenvalue weighted by Crippen LogP contribution is 2.12. The monoisotopic (exact) mass is 277 g/mol. The van der Waals surface area contributed by atoms with Crippen LogP contribution >= 0.6 is 0 Å². The van der Waals surface area contributed by atoms with Crippen LogP contribution in [-0.2, 0) is 16.0 Å². The summed E-state index contributed by atoms with van der Waals surface area (Å²) in [6.45, 7) is 1.33. The summed E-state index contributed by atoms with van der Waals surface area (Å²) in [6.07, 6.45) is 2.63. The van der Waals surface area contributed by atoms with Gasteiger partial charge in [0.25, 0.3) is 0 Å². The first-order valence-corrected chi connectivity index (χ1v) is 6.85. The molecule has 0 spiro atoms. The van der Waals surface area contributed by atoms with Crippen LogP contribution in [0.15, 0.2) is 24.3 Å². The van der Waals surface area contributed by atoms with Crippen LogP contribution in [0.2, 0.25) is 0 Å². The van der Waals surface area contributed by atoms with Gasteiger partial charge in [-0.25, -0.2) is 4.79 Å². The van der Waals surface area contributed by atoms with Gasteiger partial charge >= 0.3 is 5.97 Å². The minimum atomic E-state index is -0.957.